The molecule has 32 heavy (non-hydrogen) atoms. The number of anilines is 2. The molecule has 1 aliphatic heterocycles. The zero-order chi connectivity index (χ0) is 22.4. The largest absolute Gasteiger partial charge is 0.332 e. The van der Waals surface area contributed by atoms with Crippen molar-refractivity contribution in [1.82, 2.24) is 18.7 Å². The molecule has 1 aliphatic rings. The second-order valence-corrected chi connectivity index (χ2v) is 8.25. The Hall–Kier alpha value is -3.87. The minimum absolute atomic E-state index is 0.206. The van der Waals surface area contributed by atoms with Crippen LogP contribution in [0.3, 0.4) is 0 Å². The van der Waals surface area contributed by atoms with E-state index in [1.54, 1.807) is 7.05 Å². The summed E-state index contributed by atoms with van der Waals surface area (Å²) in [5.41, 5.74) is 4.68. The Morgan fingerprint density at radius 3 is 2.56 bits per heavy atom. The summed E-state index contributed by atoms with van der Waals surface area (Å²) in [7, 11) is 1.67. The molecule has 162 valence electrons. The van der Waals surface area contributed by atoms with E-state index in [0.29, 0.717) is 23.7 Å². The average Bonchev–Trinajstić information content (AvgIpc) is 3.35. The first-order valence-electron chi connectivity index (χ1n) is 10.7. The molecule has 0 N–H and O–H groups in total. The molecule has 0 bridgehead atoms. The van der Waals surface area contributed by atoms with Crippen LogP contribution in [0.15, 0.2) is 64.2 Å². The Labute approximate surface area is 185 Å². The number of hydrogen-bond donors (Lipinski definition) is 0. The molecule has 0 unspecified atom stereocenters. The number of rotatable bonds is 4. The number of aryl methyl sites for hydroxylation is 3. The van der Waals surface area contributed by atoms with E-state index in [1.807, 2.05) is 47.1 Å². The smallest absolute Gasteiger partial charge is 0.310 e. The zero-order valence-electron chi connectivity index (χ0n) is 18.4. The lowest BCUT2D eigenvalue weighted by Gasteiger charge is -2.19. The van der Waals surface area contributed by atoms with Crippen LogP contribution >= 0.6 is 0 Å². The summed E-state index contributed by atoms with van der Waals surface area (Å²) < 4.78 is 4.68. The fraction of sp³-hybridized carbons (Fsp3) is 0.240. The minimum Gasteiger partial charge on any atom is -0.310 e. The van der Waals surface area contributed by atoms with Gasteiger partial charge in [0.15, 0.2) is 11.2 Å². The Balaban J connectivity index is 1.59. The van der Waals surface area contributed by atoms with Gasteiger partial charge in [0.25, 0.3) is 5.56 Å². The van der Waals surface area contributed by atoms with Crippen molar-refractivity contribution in [2.75, 3.05) is 11.4 Å². The normalized spacial score (nSPS) is 13.4. The summed E-state index contributed by atoms with van der Waals surface area (Å²) >= 11 is 0. The summed E-state index contributed by atoms with van der Waals surface area (Å²) in [5.74, 6) is 0.705. The Bertz CT molecular complexity index is 1470. The zero-order valence-corrected chi connectivity index (χ0v) is 18.4. The molecule has 2 aromatic carbocycles. The molecule has 7 heteroatoms. The molecule has 7 nitrogen and oxygen atoms in total. The molecule has 2 aromatic heterocycles. The molecule has 0 saturated carbocycles. The van der Waals surface area contributed by atoms with Gasteiger partial charge in [-0.05, 0) is 31.0 Å². The van der Waals surface area contributed by atoms with E-state index in [2.05, 4.69) is 36.9 Å². The van der Waals surface area contributed by atoms with Crippen LogP contribution in [0.25, 0.3) is 17.2 Å². The van der Waals surface area contributed by atoms with E-state index in [0.717, 1.165) is 23.4 Å². The van der Waals surface area contributed by atoms with Gasteiger partial charge in [0.1, 0.15) is 0 Å². The first-order chi connectivity index (χ1) is 15.5. The Morgan fingerprint density at radius 2 is 1.81 bits per heavy atom. The van der Waals surface area contributed by atoms with E-state index >= 15 is 0 Å². The van der Waals surface area contributed by atoms with E-state index in [-0.39, 0.29) is 17.8 Å². The van der Waals surface area contributed by atoms with Gasteiger partial charge in [0.2, 0.25) is 5.95 Å². The molecule has 0 atom stereocenters. The van der Waals surface area contributed by atoms with Crippen molar-refractivity contribution >= 4 is 28.9 Å². The molecule has 0 spiro atoms. The van der Waals surface area contributed by atoms with Crippen molar-refractivity contribution in [3.05, 3.63) is 92.1 Å². The average molecular weight is 428 g/mol. The van der Waals surface area contributed by atoms with Gasteiger partial charge in [-0.25, -0.2) is 4.79 Å². The maximum absolute atomic E-state index is 13.4. The van der Waals surface area contributed by atoms with E-state index < -0.39 is 0 Å². The monoisotopic (exact) mass is 427 g/mol. The van der Waals surface area contributed by atoms with Crippen LogP contribution in [0.1, 0.15) is 16.7 Å². The molecule has 4 aromatic rings. The second kappa shape index (κ2) is 7.67. The van der Waals surface area contributed by atoms with Gasteiger partial charge < -0.3 is 9.47 Å². The number of hydrogen-bond acceptors (Lipinski definition) is 4. The number of imidazole rings is 1. The molecular weight excluding hydrogens is 402 g/mol. The van der Waals surface area contributed by atoms with Crippen molar-refractivity contribution in [1.29, 1.82) is 0 Å². The van der Waals surface area contributed by atoms with E-state index in [9.17, 15) is 9.59 Å². The van der Waals surface area contributed by atoms with Crippen molar-refractivity contribution in [2.45, 2.75) is 26.9 Å². The van der Waals surface area contributed by atoms with Crippen LogP contribution in [-0.2, 0) is 20.1 Å². The summed E-state index contributed by atoms with van der Waals surface area (Å²) in [4.78, 5) is 33.1. The minimum atomic E-state index is -0.366. The van der Waals surface area contributed by atoms with Crippen LogP contribution in [0.5, 0.6) is 0 Å². The standard InChI is InChI=1S/C25H25N5O2/c1-17-11-12-20(18(2)16-17)28-14-15-29-21-22(26-24(28)29)27(3)25(32)30(23(21)31)13-7-10-19-8-5-4-6-9-19/h4-12,16H,13-15H2,1-3H3. The number of fused-ring (bicyclic) bond motifs is 3. The summed E-state index contributed by atoms with van der Waals surface area (Å²) in [6.07, 6.45) is 3.76. The van der Waals surface area contributed by atoms with Gasteiger partial charge in [-0.15, -0.1) is 0 Å². The van der Waals surface area contributed by atoms with Crippen molar-refractivity contribution in [3.8, 4) is 0 Å². The third kappa shape index (κ3) is 3.17. The van der Waals surface area contributed by atoms with Gasteiger partial charge in [-0.1, -0.05) is 60.2 Å². The topological polar surface area (TPSA) is 65.1 Å². The van der Waals surface area contributed by atoms with Crippen molar-refractivity contribution in [2.24, 2.45) is 7.05 Å². The van der Waals surface area contributed by atoms with Gasteiger partial charge in [-0.2, -0.15) is 4.98 Å². The molecule has 0 saturated heterocycles. The third-order valence-corrected chi connectivity index (χ3v) is 6.04. The maximum atomic E-state index is 13.4. The predicted octanol–water partition coefficient (Wildman–Crippen LogP) is 3.38. The summed E-state index contributed by atoms with van der Waals surface area (Å²) in [5, 5.41) is 0. The molecule has 0 radical (unpaired) electrons. The number of aromatic nitrogens is 4. The molecule has 3 heterocycles. The molecular formula is C25H25N5O2. The van der Waals surface area contributed by atoms with Gasteiger partial charge in [-0.3, -0.25) is 13.9 Å². The molecule has 0 fully saturated rings. The lowest BCUT2D eigenvalue weighted by atomic mass is 10.1. The summed E-state index contributed by atoms with van der Waals surface area (Å²) in [6.45, 7) is 5.73. The van der Waals surface area contributed by atoms with Crippen molar-refractivity contribution in [3.63, 3.8) is 0 Å². The highest BCUT2D eigenvalue weighted by Gasteiger charge is 2.29. The number of allylic oxidation sites excluding steroid dienone is 1. The molecule has 0 amide bonds. The highest BCUT2D eigenvalue weighted by atomic mass is 16.2. The van der Waals surface area contributed by atoms with Crippen LogP contribution < -0.4 is 16.1 Å². The first kappa shape index (κ1) is 20.1. The lowest BCUT2D eigenvalue weighted by Crippen LogP contribution is -2.39. The predicted molar refractivity (Wildman–Crippen MR) is 128 cm³/mol. The second-order valence-electron chi connectivity index (χ2n) is 8.25. The fourth-order valence-corrected chi connectivity index (χ4v) is 4.43. The van der Waals surface area contributed by atoms with E-state index in [4.69, 9.17) is 4.98 Å². The first-order valence-corrected chi connectivity index (χ1v) is 10.7. The lowest BCUT2D eigenvalue weighted by molar-refractivity contribution is 0.663. The maximum Gasteiger partial charge on any atom is 0.332 e. The Kier molecular flexibility index (Phi) is 4.81. The highest BCUT2D eigenvalue weighted by Crippen LogP contribution is 2.33. The van der Waals surface area contributed by atoms with Crippen molar-refractivity contribution < 1.29 is 0 Å². The van der Waals surface area contributed by atoms with Gasteiger partial charge in [0, 0.05) is 32.4 Å². The van der Waals surface area contributed by atoms with Crippen LogP contribution in [0, 0.1) is 13.8 Å². The third-order valence-electron chi connectivity index (χ3n) is 6.04. The van der Waals surface area contributed by atoms with Gasteiger partial charge >= 0.3 is 5.69 Å². The SMILES string of the molecule is Cc1ccc(N2CCn3c2nc2c3c(=O)n(CC=Cc3ccccc3)c(=O)n2C)c(C)c1. The van der Waals surface area contributed by atoms with Crippen LogP contribution in [-0.4, -0.2) is 25.2 Å². The molecule has 0 aliphatic carbocycles. The van der Waals surface area contributed by atoms with Crippen LogP contribution in [0.4, 0.5) is 11.6 Å². The number of nitrogens with zero attached hydrogens (tertiary/aromatic N) is 5. The fourth-order valence-electron chi connectivity index (χ4n) is 4.43. The number of benzene rings is 2. The summed E-state index contributed by atoms with van der Waals surface area (Å²) in [6, 6.07) is 16.1. The molecule has 5 rings (SSSR count). The van der Waals surface area contributed by atoms with Gasteiger partial charge in [0.05, 0.1) is 0 Å². The van der Waals surface area contributed by atoms with E-state index in [1.165, 1.54) is 14.7 Å². The van der Waals surface area contributed by atoms with Crippen LogP contribution in [0.2, 0.25) is 0 Å². The Morgan fingerprint density at radius 1 is 1.03 bits per heavy atom. The quantitative estimate of drug-likeness (QED) is 0.501. The highest BCUT2D eigenvalue weighted by molar-refractivity contribution is 5.78.